The maximum atomic E-state index is 12.2. The Bertz CT molecular complexity index is 428. The molecule has 3 aliphatic rings. The lowest BCUT2D eigenvalue weighted by Gasteiger charge is -2.27. The number of hydrogen-bond acceptors (Lipinski definition) is 4. The van der Waals surface area contributed by atoms with E-state index in [-0.39, 0.29) is 5.91 Å². The molecule has 1 saturated carbocycles. The smallest absolute Gasteiger partial charge is 0.235 e. The first-order valence-corrected chi connectivity index (χ1v) is 7.80. The van der Waals surface area contributed by atoms with E-state index >= 15 is 0 Å². The molecule has 0 spiro atoms. The Labute approximate surface area is 120 Å². The molecular formula is C15H24N4O. The van der Waals surface area contributed by atoms with E-state index < -0.39 is 5.54 Å². The SMILES string of the molecule is CC(C#N)(NC(=O)CN1CCC2CCC(C1)N2)C1CC1. The van der Waals surface area contributed by atoms with Gasteiger partial charge in [0.2, 0.25) is 5.91 Å². The topological polar surface area (TPSA) is 68.2 Å². The van der Waals surface area contributed by atoms with E-state index in [4.69, 9.17) is 0 Å². The molecule has 3 fully saturated rings. The normalized spacial score (nSPS) is 33.0. The van der Waals surface area contributed by atoms with Gasteiger partial charge in [0, 0.05) is 25.2 Å². The van der Waals surface area contributed by atoms with Gasteiger partial charge in [0.05, 0.1) is 12.6 Å². The molecular weight excluding hydrogens is 252 g/mol. The summed E-state index contributed by atoms with van der Waals surface area (Å²) in [5, 5.41) is 15.9. The number of likely N-dealkylation sites (tertiary alicyclic amines) is 1. The average Bonchev–Trinajstić information content (AvgIpc) is 3.18. The number of rotatable bonds is 4. The lowest BCUT2D eigenvalue weighted by Crippen LogP contribution is -2.51. The van der Waals surface area contributed by atoms with E-state index in [1.54, 1.807) is 0 Å². The molecule has 3 atom stereocenters. The molecule has 0 aromatic carbocycles. The van der Waals surface area contributed by atoms with Gasteiger partial charge in [-0.15, -0.1) is 0 Å². The van der Waals surface area contributed by atoms with E-state index in [9.17, 15) is 10.1 Å². The van der Waals surface area contributed by atoms with Gasteiger partial charge in [-0.25, -0.2) is 0 Å². The van der Waals surface area contributed by atoms with Crippen LogP contribution >= 0.6 is 0 Å². The van der Waals surface area contributed by atoms with Crippen molar-refractivity contribution in [1.29, 1.82) is 5.26 Å². The first-order valence-electron chi connectivity index (χ1n) is 7.80. The van der Waals surface area contributed by atoms with Crippen molar-refractivity contribution in [1.82, 2.24) is 15.5 Å². The molecule has 2 aliphatic heterocycles. The minimum atomic E-state index is -0.666. The van der Waals surface area contributed by atoms with Crippen molar-refractivity contribution in [2.75, 3.05) is 19.6 Å². The van der Waals surface area contributed by atoms with Crippen molar-refractivity contribution < 1.29 is 4.79 Å². The van der Waals surface area contributed by atoms with Crippen LogP contribution in [0.4, 0.5) is 0 Å². The quantitative estimate of drug-likeness (QED) is 0.790. The molecule has 0 radical (unpaired) electrons. The van der Waals surface area contributed by atoms with Crippen molar-refractivity contribution >= 4 is 5.91 Å². The summed E-state index contributed by atoms with van der Waals surface area (Å²) < 4.78 is 0. The predicted octanol–water partition coefficient (Wildman–Crippen LogP) is 0.621. The maximum Gasteiger partial charge on any atom is 0.235 e. The van der Waals surface area contributed by atoms with Crippen molar-refractivity contribution in [2.24, 2.45) is 5.92 Å². The maximum absolute atomic E-state index is 12.2. The second kappa shape index (κ2) is 5.34. The highest BCUT2D eigenvalue weighted by molar-refractivity contribution is 5.79. The van der Waals surface area contributed by atoms with Crippen LogP contribution in [0.3, 0.4) is 0 Å². The van der Waals surface area contributed by atoms with Crippen molar-refractivity contribution in [2.45, 2.75) is 56.7 Å². The Kier molecular flexibility index (Phi) is 3.70. The molecule has 2 heterocycles. The van der Waals surface area contributed by atoms with Crippen LogP contribution in [0, 0.1) is 17.2 Å². The summed E-state index contributed by atoms with van der Waals surface area (Å²) in [6, 6.07) is 3.47. The summed E-state index contributed by atoms with van der Waals surface area (Å²) >= 11 is 0. The summed E-state index contributed by atoms with van der Waals surface area (Å²) in [6.45, 7) is 4.22. The summed E-state index contributed by atoms with van der Waals surface area (Å²) in [5.41, 5.74) is -0.666. The van der Waals surface area contributed by atoms with Gasteiger partial charge >= 0.3 is 0 Å². The van der Waals surface area contributed by atoms with Crippen LogP contribution in [0.2, 0.25) is 0 Å². The van der Waals surface area contributed by atoms with Crippen LogP contribution in [0.25, 0.3) is 0 Å². The molecule has 5 nitrogen and oxygen atoms in total. The molecule has 20 heavy (non-hydrogen) atoms. The van der Waals surface area contributed by atoms with Crippen molar-refractivity contribution in [3.05, 3.63) is 0 Å². The Morgan fingerprint density at radius 2 is 2.10 bits per heavy atom. The molecule has 1 aliphatic carbocycles. The Hall–Kier alpha value is -1.12. The van der Waals surface area contributed by atoms with Gasteiger partial charge in [0.25, 0.3) is 0 Å². The second-order valence-electron chi connectivity index (χ2n) is 6.80. The van der Waals surface area contributed by atoms with Gasteiger partial charge in [-0.05, 0) is 44.9 Å². The highest BCUT2D eigenvalue weighted by Gasteiger charge is 2.43. The summed E-state index contributed by atoms with van der Waals surface area (Å²) in [4.78, 5) is 14.4. The van der Waals surface area contributed by atoms with E-state index in [0.29, 0.717) is 24.5 Å². The second-order valence-corrected chi connectivity index (χ2v) is 6.80. The number of amides is 1. The third-order valence-corrected chi connectivity index (χ3v) is 5.00. The van der Waals surface area contributed by atoms with Gasteiger partial charge in [-0.2, -0.15) is 5.26 Å². The summed E-state index contributed by atoms with van der Waals surface area (Å²) in [7, 11) is 0. The zero-order valence-electron chi connectivity index (χ0n) is 12.2. The van der Waals surface area contributed by atoms with Crippen LogP contribution in [0.15, 0.2) is 0 Å². The van der Waals surface area contributed by atoms with Crippen LogP contribution in [0.5, 0.6) is 0 Å². The molecule has 0 aromatic heterocycles. The highest BCUT2D eigenvalue weighted by Crippen LogP contribution is 2.39. The largest absolute Gasteiger partial charge is 0.337 e. The van der Waals surface area contributed by atoms with E-state index in [1.807, 2.05) is 6.92 Å². The highest BCUT2D eigenvalue weighted by atomic mass is 16.2. The number of carbonyl (C=O) groups is 1. The molecule has 2 N–H and O–H groups in total. The number of carbonyl (C=O) groups excluding carboxylic acids is 1. The zero-order chi connectivity index (χ0) is 14.2. The van der Waals surface area contributed by atoms with Gasteiger partial charge in [-0.1, -0.05) is 0 Å². The predicted molar refractivity (Wildman–Crippen MR) is 75.9 cm³/mol. The lowest BCUT2D eigenvalue weighted by molar-refractivity contribution is -0.123. The Morgan fingerprint density at radius 3 is 2.80 bits per heavy atom. The fourth-order valence-electron chi connectivity index (χ4n) is 3.57. The fourth-order valence-corrected chi connectivity index (χ4v) is 3.57. The van der Waals surface area contributed by atoms with Crippen LogP contribution in [0.1, 0.15) is 39.0 Å². The van der Waals surface area contributed by atoms with Gasteiger partial charge < -0.3 is 10.6 Å². The Morgan fingerprint density at radius 1 is 1.35 bits per heavy atom. The molecule has 3 rings (SSSR count). The van der Waals surface area contributed by atoms with Gasteiger partial charge in [0.15, 0.2) is 0 Å². The first-order chi connectivity index (χ1) is 9.59. The average molecular weight is 276 g/mol. The number of nitriles is 1. The third-order valence-electron chi connectivity index (χ3n) is 5.00. The standard InChI is InChI=1S/C15H24N4O/c1-15(10-16,11-2-3-11)18-14(20)9-19-7-6-12-4-5-13(8-19)17-12/h11-13,17H,2-9H2,1H3,(H,18,20). The number of nitrogens with one attached hydrogen (secondary N) is 2. The van der Waals surface area contributed by atoms with Crippen molar-refractivity contribution in [3.8, 4) is 6.07 Å². The molecule has 110 valence electrons. The molecule has 3 unspecified atom stereocenters. The van der Waals surface area contributed by atoms with E-state index in [2.05, 4.69) is 21.6 Å². The Balaban J connectivity index is 1.52. The summed E-state index contributed by atoms with van der Waals surface area (Å²) in [5.74, 6) is 0.344. The third kappa shape index (κ3) is 2.97. The molecule has 2 bridgehead atoms. The first kappa shape index (κ1) is 13.8. The number of nitrogens with zero attached hydrogens (tertiary/aromatic N) is 2. The molecule has 2 saturated heterocycles. The minimum absolute atomic E-state index is 0.00118. The monoisotopic (exact) mass is 276 g/mol. The number of fused-ring (bicyclic) bond motifs is 2. The van der Waals surface area contributed by atoms with Crippen LogP contribution in [-0.2, 0) is 4.79 Å². The lowest BCUT2D eigenvalue weighted by atomic mass is 9.98. The molecule has 0 aromatic rings. The molecule has 1 amide bonds. The van der Waals surface area contributed by atoms with Crippen LogP contribution in [-0.4, -0.2) is 48.1 Å². The number of hydrogen-bond donors (Lipinski definition) is 2. The minimum Gasteiger partial charge on any atom is -0.337 e. The van der Waals surface area contributed by atoms with Crippen LogP contribution < -0.4 is 10.6 Å². The van der Waals surface area contributed by atoms with Gasteiger partial charge in [0.1, 0.15) is 5.54 Å². The van der Waals surface area contributed by atoms with Gasteiger partial charge in [-0.3, -0.25) is 9.69 Å². The van der Waals surface area contributed by atoms with E-state index in [0.717, 1.165) is 32.4 Å². The summed E-state index contributed by atoms with van der Waals surface area (Å²) in [6.07, 6.45) is 5.74. The zero-order valence-corrected chi connectivity index (χ0v) is 12.2. The van der Waals surface area contributed by atoms with E-state index in [1.165, 1.54) is 12.8 Å². The van der Waals surface area contributed by atoms with Crippen molar-refractivity contribution in [3.63, 3.8) is 0 Å². The fraction of sp³-hybridized carbons (Fsp3) is 0.867. The molecule has 5 heteroatoms.